The number of hydrogen-bond acceptors (Lipinski definition) is 1. The standard InChI is InChI=1S/C18H16NO/c20-19-13-7-6-11-17(19)14-16-10-4-5-12-18(16)15-8-2-1-3-9-15/h1-12H,13-14H2/q+1. The predicted molar refractivity (Wildman–Crippen MR) is 81.3 cm³/mol. The molecular formula is C18H16NO+. The Morgan fingerprint density at radius 2 is 1.70 bits per heavy atom. The second-order valence-electron chi connectivity index (χ2n) is 4.85. The maximum absolute atomic E-state index is 11.8. The largest absolute Gasteiger partial charge is 0.237 e. The van der Waals surface area contributed by atoms with Crippen LogP contribution in [0, 0.1) is 4.91 Å². The minimum Gasteiger partial charge on any atom is -0.0622 e. The van der Waals surface area contributed by atoms with Gasteiger partial charge in [0.15, 0.2) is 0 Å². The Kier molecular flexibility index (Phi) is 3.55. The molecule has 0 saturated heterocycles. The molecule has 20 heavy (non-hydrogen) atoms. The first-order valence-corrected chi connectivity index (χ1v) is 6.78. The summed E-state index contributed by atoms with van der Waals surface area (Å²) in [7, 11) is 0. The molecule has 0 unspecified atom stereocenters. The van der Waals surface area contributed by atoms with Gasteiger partial charge in [0.25, 0.3) is 0 Å². The van der Waals surface area contributed by atoms with E-state index in [4.69, 9.17) is 0 Å². The second-order valence-corrected chi connectivity index (χ2v) is 4.85. The van der Waals surface area contributed by atoms with Crippen LogP contribution < -0.4 is 0 Å². The summed E-state index contributed by atoms with van der Waals surface area (Å²) in [5.41, 5.74) is 4.38. The van der Waals surface area contributed by atoms with Crippen molar-refractivity contribution >= 4 is 0 Å². The molecule has 2 aromatic rings. The Morgan fingerprint density at radius 3 is 2.50 bits per heavy atom. The molecule has 1 aliphatic heterocycles. The van der Waals surface area contributed by atoms with E-state index in [-0.39, 0.29) is 0 Å². The summed E-state index contributed by atoms with van der Waals surface area (Å²) < 4.78 is 1.06. The Morgan fingerprint density at radius 1 is 0.950 bits per heavy atom. The van der Waals surface area contributed by atoms with Crippen LogP contribution in [0.15, 0.2) is 78.5 Å². The van der Waals surface area contributed by atoms with Gasteiger partial charge in [-0.25, -0.2) is 0 Å². The van der Waals surface area contributed by atoms with Gasteiger partial charge in [0.2, 0.25) is 12.2 Å². The van der Waals surface area contributed by atoms with E-state index in [9.17, 15) is 4.91 Å². The van der Waals surface area contributed by atoms with Crippen LogP contribution in [0.2, 0.25) is 0 Å². The molecule has 0 bridgehead atoms. The van der Waals surface area contributed by atoms with Crippen molar-refractivity contribution in [2.75, 3.05) is 6.54 Å². The lowest BCUT2D eigenvalue weighted by atomic mass is 9.96. The van der Waals surface area contributed by atoms with E-state index >= 15 is 0 Å². The molecular weight excluding hydrogens is 246 g/mol. The van der Waals surface area contributed by atoms with E-state index in [2.05, 4.69) is 24.3 Å². The van der Waals surface area contributed by atoms with Gasteiger partial charge in [0, 0.05) is 15.7 Å². The van der Waals surface area contributed by atoms with Gasteiger partial charge < -0.3 is 0 Å². The third-order valence-corrected chi connectivity index (χ3v) is 3.49. The van der Waals surface area contributed by atoms with Crippen molar-refractivity contribution in [3.8, 4) is 11.1 Å². The fraction of sp³-hybridized carbons (Fsp3) is 0.111. The first kappa shape index (κ1) is 12.5. The van der Waals surface area contributed by atoms with Crippen LogP contribution >= 0.6 is 0 Å². The van der Waals surface area contributed by atoms with Crippen LogP contribution in [0.5, 0.6) is 0 Å². The van der Waals surface area contributed by atoms with Gasteiger partial charge in [0.05, 0.1) is 6.42 Å². The van der Waals surface area contributed by atoms with E-state index in [0.717, 1.165) is 10.5 Å². The maximum Gasteiger partial charge on any atom is 0.237 e. The highest BCUT2D eigenvalue weighted by atomic mass is 16.3. The number of allylic oxidation sites excluding steroid dienone is 3. The van der Waals surface area contributed by atoms with E-state index < -0.39 is 0 Å². The average Bonchev–Trinajstić information content (AvgIpc) is 2.51. The molecule has 0 N–H and O–H groups in total. The quantitative estimate of drug-likeness (QED) is 0.761. The lowest BCUT2D eigenvalue weighted by Gasteiger charge is -2.09. The van der Waals surface area contributed by atoms with Crippen molar-refractivity contribution in [2.24, 2.45) is 0 Å². The smallest absolute Gasteiger partial charge is 0.0622 e. The normalized spacial score (nSPS) is 14.2. The van der Waals surface area contributed by atoms with Crippen molar-refractivity contribution in [2.45, 2.75) is 6.42 Å². The zero-order valence-corrected chi connectivity index (χ0v) is 11.2. The van der Waals surface area contributed by atoms with Crippen molar-refractivity contribution in [3.05, 3.63) is 89.0 Å². The number of benzene rings is 2. The summed E-state index contributed by atoms with van der Waals surface area (Å²) in [6.07, 6.45) is 6.39. The highest BCUT2D eigenvalue weighted by Gasteiger charge is 2.19. The van der Waals surface area contributed by atoms with Crippen molar-refractivity contribution in [1.82, 2.24) is 0 Å². The Hall–Kier alpha value is -2.48. The van der Waals surface area contributed by atoms with Crippen molar-refractivity contribution < 1.29 is 4.76 Å². The average molecular weight is 262 g/mol. The highest BCUT2D eigenvalue weighted by Crippen LogP contribution is 2.25. The Labute approximate surface area is 118 Å². The number of rotatable bonds is 3. The van der Waals surface area contributed by atoms with Crippen LogP contribution in [0.3, 0.4) is 0 Å². The van der Waals surface area contributed by atoms with Crippen LogP contribution in [-0.4, -0.2) is 11.3 Å². The molecule has 0 aromatic heterocycles. The topological polar surface area (TPSA) is 20.1 Å². The summed E-state index contributed by atoms with van der Waals surface area (Å²) in [5.74, 6) is 0. The summed E-state index contributed by atoms with van der Waals surface area (Å²) in [6.45, 7) is 0.444. The van der Waals surface area contributed by atoms with Crippen LogP contribution in [-0.2, 0) is 6.42 Å². The molecule has 0 saturated carbocycles. The maximum atomic E-state index is 11.8. The first-order chi connectivity index (χ1) is 9.84. The Balaban J connectivity index is 1.97. The predicted octanol–water partition coefficient (Wildman–Crippen LogP) is 4.13. The zero-order valence-electron chi connectivity index (χ0n) is 11.2. The number of hydrogen-bond donors (Lipinski definition) is 0. The lowest BCUT2D eigenvalue weighted by Crippen LogP contribution is -2.12. The minimum absolute atomic E-state index is 0.444. The Bertz CT molecular complexity index is 684. The third kappa shape index (κ3) is 2.59. The molecule has 2 heteroatoms. The first-order valence-electron chi connectivity index (χ1n) is 6.78. The van der Waals surface area contributed by atoms with E-state index in [1.807, 2.05) is 48.6 Å². The monoisotopic (exact) mass is 262 g/mol. The molecule has 0 atom stereocenters. The van der Waals surface area contributed by atoms with Gasteiger partial charge in [-0.3, -0.25) is 0 Å². The molecule has 1 heterocycles. The number of nitroso groups, excluding NO2 is 1. The molecule has 3 rings (SSSR count). The second kappa shape index (κ2) is 5.66. The summed E-state index contributed by atoms with van der Waals surface area (Å²) >= 11 is 0. The molecule has 0 spiro atoms. The molecule has 2 nitrogen and oxygen atoms in total. The van der Waals surface area contributed by atoms with Crippen molar-refractivity contribution in [1.29, 1.82) is 0 Å². The van der Waals surface area contributed by atoms with Gasteiger partial charge in [-0.05, 0) is 22.8 Å². The van der Waals surface area contributed by atoms with E-state index in [0.29, 0.717) is 13.0 Å². The van der Waals surface area contributed by atoms with Gasteiger partial charge in [-0.15, -0.1) is 0 Å². The zero-order chi connectivity index (χ0) is 13.8. The lowest BCUT2D eigenvalue weighted by molar-refractivity contribution is -0.491. The fourth-order valence-electron chi connectivity index (χ4n) is 2.45. The molecule has 0 aliphatic carbocycles. The van der Waals surface area contributed by atoms with Crippen LogP contribution in [0.1, 0.15) is 5.56 Å². The van der Waals surface area contributed by atoms with Gasteiger partial charge >= 0.3 is 0 Å². The molecule has 0 fully saturated rings. The minimum atomic E-state index is 0.444. The summed E-state index contributed by atoms with van der Waals surface area (Å²) in [4.78, 5) is 11.8. The SMILES string of the molecule is O=[N+]1CC=CC=C1Cc1ccccc1-c1ccccc1. The summed E-state index contributed by atoms with van der Waals surface area (Å²) in [5, 5.41) is 0. The van der Waals surface area contributed by atoms with E-state index in [1.165, 1.54) is 16.7 Å². The molecule has 1 aliphatic rings. The molecule has 2 aromatic carbocycles. The van der Waals surface area contributed by atoms with E-state index in [1.54, 1.807) is 0 Å². The summed E-state index contributed by atoms with van der Waals surface area (Å²) in [6, 6.07) is 18.6. The van der Waals surface area contributed by atoms with Gasteiger partial charge in [-0.2, -0.15) is 0 Å². The number of nitrogens with zero attached hydrogens (tertiary/aromatic N) is 1. The molecule has 0 radical (unpaired) electrons. The van der Waals surface area contributed by atoms with Crippen LogP contribution in [0.25, 0.3) is 11.1 Å². The highest BCUT2D eigenvalue weighted by molar-refractivity contribution is 5.67. The molecule has 98 valence electrons. The van der Waals surface area contributed by atoms with Crippen molar-refractivity contribution in [3.63, 3.8) is 0 Å². The van der Waals surface area contributed by atoms with Gasteiger partial charge in [0.1, 0.15) is 0 Å². The van der Waals surface area contributed by atoms with Crippen LogP contribution in [0.4, 0.5) is 0 Å². The molecule has 0 amide bonds. The third-order valence-electron chi connectivity index (χ3n) is 3.49. The fourth-order valence-corrected chi connectivity index (χ4v) is 2.45. The van der Waals surface area contributed by atoms with Gasteiger partial charge in [-0.1, -0.05) is 60.7 Å².